The summed E-state index contributed by atoms with van der Waals surface area (Å²) in [7, 11) is 1.36. The first-order valence-electron chi connectivity index (χ1n) is 14.5. The number of ether oxygens (including phenoxy) is 1. The predicted octanol–water partition coefficient (Wildman–Crippen LogP) is 6.15. The highest BCUT2D eigenvalue weighted by molar-refractivity contribution is 7.07. The SMILES string of the molecule is COC(=O)C1=C(C)N=c2s/c(=C\c3c(C)n(Cc4ccccc4)c4ccc(C)cc34)c(=O)n2[C@H]1c1ccc(C(C)C)cc1. The van der Waals surface area contributed by atoms with Gasteiger partial charge in [0.2, 0.25) is 0 Å². The summed E-state index contributed by atoms with van der Waals surface area (Å²) < 4.78 is 9.72. The van der Waals surface area contributed by atoms with Gasteiger partial charge in [-0.3, -0.25) is 9.36 Å². The van der Waals surface area contributed by atoms with E-state index in [4.69, 9.17) is 9.73 Å². The number of carbonyl (C=O) groups excluding carboxylic acids is 1. The molecule has 0 bridgehead atoms. The van der Waals surface area contributed by atoms with Crippen LogP contribution < -0.4 is 14.9 Å². The third-order valence-corrected chi connectivity index (χ3v) is 9.32. The first-order valence-corrected chi connectivity index (χ1v) is 15.3. The van der Waals surface area contributed by atoms with Gasteiger partial charge in [0.15, 0.2) is 4.80 Å². The predicted molar refractivity (Wildman–Crippen MR) is 173 cm³/mol. The number of hydrogen-bond acceptors (Lipinski definition) is 5. The topological polar surface area (TPSA) is 65.6 Å². The summed E-state index contributed by atoms with van der Waals surface area (Å²) in [5.74, 6) is -0.118. The van der Waals surface area contributed by atoms with E-state index >= 15 is 0 Å². The van der Waals surface area contributed by atoms with Crippen LogP contribution in [-0.2, 0) is 16.1 Å². The van der Waals surface area contributed by atoms with E-state index in [0.717, 1.165) is 39.8 Å². The van der Waals surface area contributed by atoms with Crippen molar-refractivity contribution in [2.24, 2.45) is 4.99 Å². The third kappa shape index (κ3) is 5.08. The lowest BCUT2D eigenvalue weighted by Crippen LogP contribution is -2.39. The van der Waals surface area contributed by atoms with Gasteiger partial charge in [0.25, 0.3) is 5.56 Å². The minimum absolute atomic E-state index is 0.174. The fourth-order valence-electron chi connectivity index (χ4n) is 5.98. The second-order valence-corrected chi connectivity index (χ2v) is 12.5. The van der Waals surface area contributed by atoms with Crippen LogP contribution >= 0.6 is 11.3 Å². The second kappa shape index (κ2) is 11.3. The minimum atomic E-state index is -0.630. The lowest BCUT2D eigenvalue weighted by molar-refractivity contribution is -0.136. The van der Waals surface area contributed by atoms with Gasteiger partial charge in [-0.15, -0.1) is 0 Å². The molecule has 2 aromatic heterocycles. The number of methoxy groups -OCH3 is 1. The zero-order valence-corrected chi connectivity index (χ0v) is 26.2. The van der Waals surface area contributed by atoms with Crippen molar-refractivity contribution in [3.8, 4) is 0 Å². The molecule has 0 aliphatic carbocycles. The van der Waals surface area contributed by atoms with Gasteiger partial charge < -0.3 is 9.30 Å². The monoisotopic (exact) mass is 589 g/mol. The number of thiazole rings is 1. The van der Waals surface area contributed by atoms with Gasteiger partial charge in [0.1, 0.15) is 0 Å². The Morgan fingerprint density at radius 1 is 1.02 bits per heavy atom. The Morgan fingerprint density at radius 3 is 2.42 bits per heavy atom. The summed E-state index contributed by atoms with van der Waals surface area (Å²) in [6.45, 7) is 11.0. The molecule has 1 aliphatic heterocycles. The molecule has 218 valence electrons. The van der Waals surface area contributed by atoms with Crippen molar-refractivity contribution in [2.45, 2.75) is 53.1 Å². The molecule has 0 fully saturated rings. The van der Waals surface area contributed by atoms with E-state index in [1.165, 1.54) is 29.6 Å². The van der Waals surface area contributed by atoms with Gasteiger partial charge in [-0.1, -0.05) is 91.4 Å². The largest absolute Gasteiger partial charge is 0.466 e. The number of benzene rings is 3. The van der Waals surface area contributed by atoms with E-state index in [1.807, 2.05) is 31.2 Å². The average molecular weight is 590 g/mol. The highest BCUT2D eigenvalue weighted by Gasteiger charge is 2.33. The number of fused-ring (bicyclic) bond motifs is 2. The van der Waals surface area contributed by atoms with Gasteiger partial charge >= 0.3 is 5.97 Å². The molecular formula is C36H35N3O3S. The molecule has 3 aromatic carbocycles. The Kier molecular flexibility index (Phi) is 7.52. The van der Waals surface area contributed by atoms with Crippen molar-refractivity contribution >= 4 is 34.3 Å². The summed E-state index contributed by atoms with van der Waals surface area (Å²) >= 11 is 1.36. The summed E-state index contributed by atoms with van der Waals surface area (Å²) in [6.07, 6.45) is 2.00. The van der Waals surface area contributed by atoms with E-state index in [0.29, 0.717) is 26.5 Å². The fourth-order valence-corrected chi connectivity index (χ4v) is 7.00. The molecule has 0 unspecified atom stereocenters. The van der Waals surface area contributed by atoms with Crippen molar-refractivity contribution in [3.05, 3.63) is 137 Å². The second-order valence-electron chi connectivity index (χ2n) is 11.5. The van der Waals surface area contributed by atoms with Crippen molar-refractivity contribution in [2.75, 3.05) is 7.11 Å². The van der Waals surface area contributed by atoms with E-state index < -0.39 is 12.0 Å². The number of allylic oxidation sites excluding steroid dienone is 1. The number of rotatable bonds is 6. The molecule has 1 atom stereocenters. The molecule has 0 saturated carbocycles. The normalized spacial score (nSPS) is 15.2. The molecule has 1 aliphatic rings. The number of nitrogens with zero attached hydrogens (tertiary/aromatic N) is 3. The van der Waals surface area contributed by atoms with Crippen LogP contribution in [0.3, 0.4) is 0 Å². The van der Waals surface area contributed by atoms with Crippen molar-refractivity contribution < 1.29 is 9.53 Å². The summed E-state index contributed by atoms with van der Waals surface area (Å²) in [5, 5.41) is 1.10. The summed E-state index contributed by atoms with van der Waals surface area (Å²) in [6, 6.07) is 24.4. The Morgan fingerprint density at radius 2 is 1.74 bits per heavy atom. The standard InChI is InChI=1S/C36H35N3O3S/c1-21(2)26-13-15-27(16-14-26)33-32(35(41)42-6)23(4)37-36-39(33)34(40)31(43-36)19-28-24(5)38(20-25-10-8-7-9-11-25)30-17-12-22(3)18-29(28)30/h7-19,21,33H,20H2,1-6H3/b31-19-/t33-/m0/s1. The van der Waals surface area contributed by atoms with Crippen LogP contribution in [0.25, 0.3) is 17.0 Å². The molecule has 0 spiro atoms. The van der Waals surface area contributed by atoms with E-state index in [-0.39, 0.29) is 5.56 Å². The molecule has 0 saturated heterocycles. The van der Waals surface area contributed by atoms with Crippen LogP contribution in [0.15, 0.2) is 93.9 Å². The first-order chi connectivity index (χ1) is 20.7. The highest BCUT2D eigenvalue weighted by atomic mass is 32.1. The highest BCUT2D eigenvalue weighted by Crippen LogP contribution is 2.32. The molecule has 0 amide bonds. The van der Waals surface area contributed by atoms with Gasteiger partial charge in [0.05, 0.1) is 29.0 Å². The Hall–Kier alpha value is -4.49. The van der Waals surface area contributed by atoms with Crippen LogP contribution in [0.1, 0.15) is 66.2 Å². The molecule has 0 N–H and O–H groups in total. The van der Waals surface area contributed by atoms with Gasteiger partial charge in [-0.25, -0.2) is 9.79 Å². The lowest BCUT2D eigenvalue weighted by atomic mass is 9.93. The summed E-state index contributed by atoms with van der Waals surface area (Å²) in [5.41, 5.74) is 8.39. The minimum Gasteiger partial charge on any atom is -0.466 e. The molecule has 5 aromatic rings. The molecule has 6 rings (SSSR count). The van der Waals surface area contributed by atoms with Crippen LogP contribution in [0.2, 0.25) is 0 Å². The van der Waals surface area contributed by atoms with Crippen molar-refractivity contribution in [1.82, 2.24) is 9.13 Å². The Balaban J connectivity index is 1.56. The zero-order chi connectivity index (χ0) is 30.4. The van der Waals surface area contributed by atoms with E-state index in [1.54, 1.807) is 4.57 Å². The fraction of sp³-hybridized carbons (Fsp3) is 0.250. The van der Waals surface area contributed by atoms with Gasteiger partial charge in [-0.2, -0.15) is 0 Å². The van der Waals surface area contributed by atoms with Crippen molar-refractivity contribution in [3.63, 3.8) is 0 Å². The smallest absolute Gasteiger partial charge is 0.338 e. The Bertz CT molecular complexity index is 2080. The molecule has 6 nitrogen and oxygen atoms in total. The zero-order valence-electron chi connectivity index (χ0n) is 25.3. The molecule has 0 radical (unpaired) electrons. The van der Waals surface area contributed by atoms with Crippen LogP contribution in [0.5, 0.6) is 0 Å². The first kappa shape index (κ1) is 28.6. The quantitative estimate of drug-likeness (QED) is 0.223. The number of aromatic nitrogens is 2. The number of esters is 1. The van der Waals surface area contributed by atoms with Crippen LogP contribution in [0, 0.1) is 13.8 Å². The molecule has 7 heteroatoms. The van der Waals surface area contributed by atoms with Crippen LogP contribution in [0.4, 0.5) is 0 Å². The molecule has 3 heterocycles. The molecule has 43 heavy (non-hydrogen) atoms. The van der Waals surface area contributed by atoms with Gasteiger partial charge in [0, 0.05) is 28.7 Å². The number of carbonyl (C=O) groups is 1. The van der Waals surface area contributed by atoms with Gasteiger partial charge in [-0.05, 0) is 61.6 Å². The molecular weight excluding hydrogens is 554 g/mol. The third-order valence-electron chi connectivity index (χ3n) is 8.33. The Labute approximate surface area is 254 Å². The van der Waals surface area contributed by atoms with Crippen LogP contribution in [-0.4, -0.2) is 22.2 Å². The maximum atomic E-state index is 14.3. The number of hydrogen-bond donors (Lipinski definition) is 0. The maximum absolute atomic E-state index is 14.3. The van der Waals surface area contributed by atoms with Crippen molar-refractivity contribution in [1.29, 1.82) is 0 Å². The maximum Gasteiger partial charge on any atom is 0.338 e. The number of aryl methyl sites for hydroxylation is 1. The van der Waals surface area contributed by atoms with E-state index in [9.17, 15) is 9.59 Å². The average Bonchev–Trinajstić information content (AvgIpc) is 3.44. The summed E-state index contributed by atoms with van der Waals surface area (Å²) in [4.78, 5) is 32.6. The lowest BCUT2D eigenvalue weighted by Gasteiger charge is -2.24. The van der Waals surface area contributed by atoms with E-state index in [2.05, 4.69) is 86.9 Å².